The summed E-state index contributed by atoms with van der Waals surface area (Å²) < 4.78 is 15.1. The lowest BCUT2D eigenvalue weighted by Gasteiger charge is -2.34. The first-order chi connectivity index (χ1) is 7.87. The number of cyclic esters (lactones) is 1. The van der Waals surface area contributed by atoms with E-state index in [1.807, 2.05) is 0 Å². The van der Waals surface area contributed by atoms with E-state index in [1.165, 1.54) is 14.0 Å². The number of carbonyl (C=O) groups excluding carboxylic acids is 2. The summed E-state index contributed by atoms with van der Waals surface area (Å²) in [5.41, 5.74) is -3.09. The first-order valence-corrected chi connectivity index (χ1v) is 5.48. The van der Waals surface area contributed by atoms with Gasteiger partial charge in [-0.1, -0.05) is 6.92 Å². The van der Waals surface area contributed by atoms with Gasteiger partial charge in [0.1, 0.15) is 6.61 Å². The Balaban J connectivity index is 2.35. The summed E-state index contributed by atoms with van der Waals surface area (Å²) in [5.74, 6) is -2.05. The number of hydrogen-bond donors (Lipinski definition) is 1. The standard InChI is InChI=1S/C11H16O6/c1-6-7(4-15-3)8(12)17-11(6)5-16-9(13)10(11,2)14/h6-7,14H,4-5H2,1-3H3. The number of aliphatic hydroxyl groups is 1. The highest BCUT2D eigenvalue weighted by Crippen LogP contribution is 2.48. The van der Waals surface area contributed by atoms with Crippen LogP contribution in [0.1, 0.15) is 13.8 Å². The lowest BCUT2D eigenvalue weighted by Crippen LogP contribution is -2.56. The van der Waals surface area contributed by atoms with E-state index in [4.69, 9.17) is 14.2 Å². The predicted octanol–water partition coefficient (Wildman–Crippen LogP) is -0.512. The first-order valence-electron chi connectivity index (χ1n) is 5.48. The number of ether oxygens (including phenoxy) is 3. The lowest BCUT2D eigenvalue weighted by molar-refractivity contribution is -0.175. The molecule has 1 N–H and O–H groups in total. The third kappa shape index (κ3) is 1.40. The van der Waals surface area contributed by atoms with Crippen LogP contribution in [0.4, 0.5) is 0 Å². The minimum atomic E-state index is -1.80. The van der Waals surface area contributed by atoms with Gasteiger partial charge in [-0.15, -0.1) is 0 Å². The molecule has 0 radical (unpaired) electrons. The van der Waals surface area contributed by atoms with Gasteiger partial charge in [0.05, 0.1) is 12.5 Å². The number of carbonyl (C=O) groups is 2. The third-order valence-corrected chi connectivity index (χ3v) is 3.91. The van der Waals surface area contributed by atoms with Crippen molar-refractivity contribution in [2.75, 3.05) is 20.3 Å². The Labute approximate surface area is 98.8 Å². The van der Waals surface area contributed by atoms with Gasteiger partial charge in [0.2, 0.25) is 5.60 Å². The van der Waals surface area contributed by atoms with E-state index in [0.29, 0.717) is 0 Å². The maximum atomic E-state index is 11.8. The molecule has 17 heavy (non-hydrogen) atoms. The monoisotopic (exact) mass is 244 g/mol. The minimum Gasteiger partial charge on any atom is -0.459 e. The van der Waals surface area contributed by atoms with Gasteiger partial charge in [0.25, 0.3) is 0 Å². The summed E-state index contributed by atoms with van der Waals surface area (Å²) in [6, 6.07) is 0. The Morgan fingerprint density at radius 2 is 2.18 bits per heavy atom. The molecule has 0 aromatic rings. The first kappa shape index (κ1) is 12.3. The van der Waals surface area contributed by atoms with E-state index in [0.717, 1.165) is 0 Å². The van der Waals surface area contributed by atoms with Crippen molar-refractivity contribution < 1.29 is 28.9 Å². The number of rotatable bonds is 2. The van der Waals surface area contributed by atoms with Gasteiger partial charge in [0, 0.05) is 13.0 Å². The Bertz CT molecular complexity index is 363. The van der Waals surface area contributed by atoms with Crippen LogP contribution in [0, 0.1) is 11.8 Å². The number of hydrogen-bond acceptors (Lipinski definition) is 6. The summed E-state index contributed by atoms with van der Waals surface area (Å²) in [6.07, 6.45) is 0. The lowest BCUT2D eigenvalue weighted by atomic mass is 9.74. The van der Waals surface area contributed by atoms with Crippen molar-refractivity contribution in [3.05, 3.63) is 0 Å². The van der Waals surface area contributed by atoms with Gasteiger partial charge in [-0.2, -0.15) is 0 Å². The molecule has 0 bridgehead atoms. The van der Waals surface area contributed by atoms with Gasteiger partial charge >= 0.3 is 11.9 Å². The second-order valence-corrected chi connectivity index (χ2v) is 4.81. The van der Waals surface area contributed by atoms with E-state index in [-0.39, 0.29) is 19.1 Å². The molecular formula is C11H16O6. The predicted molar refractivity (Wildman–Crippen MR) is 54.9 cm³/mol. The molecule has 4 unspecified atom stereocenters. The molecule has 2 saturated heterocycles. The fraction of sp³-hybridized carbons (Fsp3) is 0.818. The van der Waals surface area contributed by atoms with Gasteiger partial charge in [-0.05, 0) is 6.92 Å². The van der Waals surface area contributed by atoms with E-state index in [9.17, 15) is 14.7 Å². The Hall–Kier alpha value is -1.14. The Morgan fingerprint density at radius 1 is 1.53 bits per heavy atom. The average molecular weight is 244 g/mol. The van der Waals surface area contributed by atoms with Crippen LogP contribution < -0.4 is 0 Å². The van der Waals surface area contributed by atoms with E-state index in [1.54, 1.807) is 6.92 Å². The molecule has 6 heteroatoms. The Morgan fingerprint density at radius 3 is 2.65 bits per heavy atom. The molecule has 2 rings (SSSR count). The largest absolute Gasteiger partial charge is 0.459 e. The van der Waals surface area contributed by atoms with Crippen molar-refractivity contribution in [1.29, 1.82) is 0 Å². The number of methoxy groups -OCH3 is 1. The van der Waals surface area contributed by atoms with E-state index >= 15 is 0 Å². The van der Waals surface area contributed by atoms with Gasteiger partial charge in [0.15, 0.2) is 5.60 Å². The van der Waals surface area contributed by atoms with Crippen molar-refractivity contribution in [3.8, 4) is 0 Å². The maximum absolute atomic E-state index is 11.8. The van der Waals surface area contributed by atoms with Crippen LogP contribution in [0.2, 0.25) is 0 Å². The molecule has 2 aliphatic heterocycles. The van der Waals surface area contributed by atoms with Gasteiger partial charge in [-0.25, -0.2) is 4.79 Å². The summed E-state index contributed by atoms with van der Waals surface area (Å²) in [7, 11) is 1.49. The molecule has 0 aliphatic carbocycles. The van der Waals surface area contributed by atoms with Crippen LogP contribution in [0.15, 0.2) is 0 Å². The van der Waals surface area contributed by atoms with Gasteiger partial charge in [-0.3, -0.25) is 4.79 Å². The molecule has 2 aliphatic rings. The zero-order valence-electron chi connectivity index (χ0n) is 10.1. The molecule has 0 aromatic heterocycles. The Kier molecular flexibility index (Phi) is 2.67. The fourth-order valence-electron chi connectivity index (χ4n) is 2.60. The highest BCUT2D eigenvalue weighted by Gasteiger charge is 2.70. The topological polar surface area (TPSA) is 82.1 Å². The minimum absolute atomic E-state index is 0.105. The molecule has 1 spiro atoms. The van der Waals surface area contributed by atoms with Crippen molar-refractivity contribution in [1.82, 2.24) is 0 Å². The van der Waals surface area contributed by atoms with Crippen molar-refractivity contribution in [2.24, 2.45) is 11.8 Å². The average Bonchev–Trinajstić information content (AvgIpc) is 2.63. The molecular weight excluding hydrogens is 228 g/mol. The summed E-state index contributed by atoms with van der Waals surface area (Å²) in [4.78, 5) is 23.2. The summed E-state index contributed by atoms with van der Waals surface area (Å²) in [6.45, 7) is 3.17. The smallest absolute Gasteiger partial charge is 0.342 e. The van der Waals surface area contributed by atoms with Gasteiger partial charge < -0.3 is 19.3 Å². The molecule has 2 fully saturated rings. The van der Waals surface area contributed by atoms with Crippen LogP contribution in [-0.2, 0) is 23.8 Å². The van der Waals surface area contributed by atoms with Crippen LogP contribution in [0.5, 0.6) is 0 Å². The summed E-state index contributed by atoms with van der Waals surface area (Å²) in [5, 5.41) is 10.2. The fourth-order valence-corrected chi connectivity index (χ4v) is 2.60. The second-order valence-electron chi connectivity index (χ2n) is 4.81. The molecule has 96 valence electrons. The zero-order valence-corrected chi connectivity index (χ0v) is 10.1. The highest BCUT2D eigenvalue weighted by atomic mass is 16.6. The quantitative estimate of drug-likeness (QED) is 0.659. The SMILES string of the molecule is COCC1C(=O)OC2(COC(=O)C2(C)O)C1C. The zero-order chi connectivity index (χ0) is 12.8. The summed E-state index contributed by atoms with van der Waals surface area (Å²) >= 11 is 0. The molecule has 4 atom stereocenters. The third-order valence-electron chi connectivity index (χ3n) is 3.91. The van der Waals surface area contributed by atoms with Crippen LogP contribution in [-0.4, -0.2) is 48.6 Å². The van der Waals surface area contributed by atoms with Crippen LogP contribution in [0.25, 0.3) is 0 Å². The maximum Gasteiger partial charge on any atom is 0.342 e. The molecule has 6 nitrogen and oxygen atoms in total. The normalized spacial score (nSPS) is 45.2. The van der Waals surface area contributed by atoms with E-state index in [2.05, 4.69) is 0 Å². The van der Waals surface area contributed by atoms with Crippen LogP contribution >= 0.6 is 0 Å². The molecule has 0 aromatic carbocycles. The van der Waals surface area contributed by atoms with E-state index < -0.39 is 29.1 Å². The second kappa shape index (κ2) is 3.68. The van der Waals surface area contributed by atoms with Crippen molar-refractivity contribution in [3.63, 3.8) is 0 Å². The van der Waals surface area contributed by atoms with Crippen molar-refractivity contribution >= 4 is 11.9 Å². The number of esters is 2. The van der Waals surface area contributed by atoms with Crippen molar-refractivity contribution in [2.45, 2.75) is 25.0 Å². The highest BCUT2D eigenvalue weighted by molar-refractivity contribution is 5.86. The molecule has 0 amide bonds. The van der Waals surface area contributed by atoms with Crippen LogP contribution in [0.3, 0.4) is 0 Å². The molecule has 0 saturated carbocycles. The molecule has 2 heterocycles.